The van der Waals surface area contributed by atoms with Gasteiger partial charge in [0.1, 0.15) is 18.0 Å². The number of carbonyl (C=O) groups excluding carboxylic acids is 2. The summed E-state index contributed by atoms with van der Waals surface area (Å²) in [5.74, 6) is 0.166. The highest BCUT2D eigenvalue weighted by Crippen LogP contribution is 2.24. The zero-order chi connectivity index (χ0) is 27.3. The summed E-state index contributed by atoms with van der Waals surface area (Å²) in [5, 5.41) is 0. The van der Waals surface area contributed by atoms with Crippen molar-refractivity contribution in [3.8, 4) is 11.5 Å². The van der Waals surface area contributed by atoms with E-state index in [1.807, 2.05) is 13.0 Å². The van der Waals surface area contributed by atoms with E-state index in [4.69, 9.17) is 14.2 Å². The number of ether oxygens (including phenoxy) is 3. The Morgan fingerprint density at radius 1 is 0.974 bits per heavy atom. The zero-order valence-corrected chi connectivity index (χ0v) is 22.5. The molecule has 1 N–H and O–H groups in total. The molecule has 4 rings (SSSR count). The number of aromatic nitrogens is 1. The van der Waals surface area contributed by atoms with E-state index in [0.29, 0.717) is 28.4 Å². The number of nitrogens with zero attached hydrogens (tertiary/aromatic N) is 2. The van der Waals surface area contributed by atoms with E-state index >= 15 is 0 Å². The first-order valence-electron chi connectivity index (χ1n) is 11.4. The van der Waals surface area contributed by atoms with Crippen molar-refractivity contribution < 1.29 is 32.2 Å². The van der Waals surface area contributed by atoms with Crippen molar-refractivity contribution in [2.24, 2.45) is 4.99 Å². The minimum atomic E-state index is -3.83. The Morgan fingerprint density at radius 2 is 1.66 bits per heavy atom. The molecule has 0 aliphatic heterocycles. The first kappa shape index (κ1) is 26.9. The molecule has 0 fully saturated rings. The van der Waals surface area contributed by atoms with Gasteiger partial charge in [-0.2, -0.15) is 4.99 Å². The Bertz CT molecular complexity index is 1640. The third-order valence-electron chi connectivity index (χ3n) is 5.43. The quantitative estimate of drug-likeness (QED) is 0.311. The summed E-state index contributed by atoms with van der Waals surface area (Å²) in [6.45, 7) is 2.26. The van der Waals surface area contributed by atoms with Crippen LogP contribution in [0.25, 0.3) is 10.2 Å². The van der Waals surface area contributed by atoms with Gasteiger partial charge < -0.3 is 18.8 Å². The Labute approximate surface area is 223 Å². The van der Waals surface area contributed by atoms with E-state index < -0.39 is 21.9 Å². The van der Waals surface area contributed by atoms with Crippen LogP contribution < -0.4 is 19.0 Å². The molecule has 4 aromatic rings. The Morgan fingerprint density at radius 3 is 2.29 bits per heavy atom. The fourth-order valence-electron chi connectivity index (χ4n) is 3.54. The first-order valence-corrected chi connectivity index (χ1v) is 13.7. The third-order valence-corrected chi connectivity index (χ3v) is 7.87. The second-order valence-corrected chi connectivity index (χ2v) is 10.6. The van der Waals surface area contributed by atoms with Crippen LogP contribution in [0.1, 0.15) is 17.3 Å². The van der Waals surface area contributed by atoms with Crippen molar-refractivity contribution >= 4 is 49.1 Å². The number of methoxy groups -OCH3 is 2. The topological polar surface area (TPSA) is 125 Å². The maximum Gasteiger partial charge on any atom is 0.325 e. The minimum absolute atomic E-state index is 0.0702. The number of hydrogen-bond acceptors (Lipinski definition) is 8. The largest absolute Gasteiger partial charge is 0.497 e. The first-order chi connectivity index (χ1) is 18.2. The molecule has 0 bridgehead atoms. The van der Waals surface area contributed by atoms with E-state index in [1.165, 1.54) is 62.0 Å². The van der Waals surface area contributed by atoms with Gasteiger partial charge in [-0.3, -0.25) is 14.3 Å². The summed E-state index contributed by atoms with van der Waals surface area (Å²) >= 11 is 1.24. The number of amides is 1. The van der Waals surface area contributed by atoms with Crippen LogP contribution in [0.4, 0.5) is 5.69 Å². The molecule has 10 nitrogen and oxygen atoms in total. The summed E-state index contributed by atoms with van der Waals surface area (Å²) in [6.07, 6.45) is 0. The molecule has 0 unspecified atom stereocenters. The van der Waals surface area contributed by atoms with Crippen LogP contribution in [-0.2, 0) is 26.1 Å². The van der Waals surface area contributed by atoms with Crippen LogP contribution in [-0.4, -0.2) is 45.7 Å². The number of carbonyl (C=O) groups is 2. The van der Waals surface area contributed by atoms with Gasteiger partial charge in [0, 0.05) is 11.3 Å². The van der Waals surface area contributed by atoms with Crippen LogP contribution in [0.15, 0.2) is 76.6 Å². The average molecular weight is 556 g/mol. The Kier molecular flexibility index (Phi) is 8.13. The van der Waals surface area contributed by atoms with Crippen LogP contribution >= 0.6 is 11.3 Å². The number of nitrogens with one attached hydrogen (secondary N) is 1. The lowest BCUT2D eigenvalue weighted by molar-refractivity contribution is -0.141. The van der Waals surface area contributed by atoms with Crippen LogP contribution in [0.2, 0.25) is 0 Å². The molecule has 0 spiro atoms. The van der Waals surface area contributed by atoms with Crippen molar-refractivity contribution in [2.45, 2.75) is 18.4 Å². The highest BCUT2D eigenvalue weighted by Gasteiger charge is 2.16. The van der Waals surface area contributed by atoms with Gasteiger partial charge in [0.2, 0.25) is 0 Å². The van der Waals surface area contributed by atoms with Crippen LogP contribution in [0, 0.1) is 0 Å². The fraction of sp³-hybridized carbons (Fsp3) is 0.192. The van der Waals surface area contributed by atoms with Crippen LogP contribution in [0.5, 0.6) is 11.5 Å². The van der Waals surface area contributed by atoms with Gasteiger partial charge >= 0.3 is 5.97 Å². The lowest BCUT2D eigenvalue weighted by Gasteiger charge is -2.09. The second-order valence-electron chi connectivity index (χ2n) is 7.88. The summed E-state index contributed by atoms with van der Waals surface area (Å²) in [5.41, 5.74) is 1.23. The number of hydrogen-bond donors (Lipinski definition) is 1. The molecule has 1 heterocycles. The molecule has 0 saturated heterocycles. The van der Waals surface area contributed by atoms with Gasteiger partial charge in [0.15, 0.2) is 4.80 Å². The summed E-state index contributed by atoms with van der Waals surface area (Å²) in [6, 6.07) is 17.3. The maximum atomic E-state index is 13.0. The van der Waals surface area contributed by atoms with Crippen LogP contribution in [0.3, 0.4) is 0 Å². The van der Waals surface area contributed by atoms with Gasteiger partial charge in [-0.1, -0.05) is 11.3 Å². The summed E-state index contributed by atoms with van der Waals surface area (Å²) in [7, 11) is -1.05. The van der Waals surface area contributed by atoms with Crippen molar-refractivity contribution in [2.75, 3.05) is 25.5 Å². The predicted molar refractivity (Wildman–Crippen MR) is 143 cm³/mol. The number of benzene rings is 3. The predicted octanol–water partition coefficient (Wildman–Crippen LogP) is 3.83. The molecule has 3 aromatic carbocycles. The molecule has 0 aliphatic carbocycles. The molecular weight excluding hydrogens is 530 g/mol. The molecule has 1 amide bonds. The summed E-state index contributed by atoms with van der Waals surface area (Å²) in [4.78, 5) is 29.6. The molecule has 198 valence electrons. The van der Waals surface area contributed by atoms with Crippen molar-refractivity contribution in [3.63, 3.8) is 0 Å². The van der Waals surface area contributed by atoms with E-state index in [9.17, 15) is 18.0 Å². The lowest BCUT2D eigenvalue weighted by atomic mass is 10.2. The van der Waals surface area contributed by atoms with E-state index in [2.05, 4.69) is 9.71 Å². The second kappa shape index (κ2) is 11.5. The maximum absolute atomic E-state index is 13.0. The highest BCUT2D eigenvalue weighted by atomic mass is 32.2. The van der Waals surface area contributed by atoms with Crippen molar-refractivity contribution in [1.82, 2.24) is 4.57 Å². The number of thiazole rings is 1. The molecule has 38 heavy (non-hydrogen) atoms. The molecule has 1 aromatic heterocycles. The number of anilines is 1. The number of sulfonamides is 1. The zero-order valence-electron chi connectivity index (χ0n) is 20.8. The van der Waals surface area contributed by atoms with Gasteiger partial charge in [-0.05, 0) is 73.7 Å². The number of fused-ring (bicyclic) bond motifs is 1. The molecule has 12 heteroatoms. The van der Waals surface area contributed by atoms with E-state index in [1.54, 1.807) is 28.8 Å². The minimum Gasteiger partial charge on any atom is -0.497 e. The van der Waals surface area contributed by atoms with E-state index in [0.717, 1.165) is 4.70 Å². The van der Waals surface area contributed by atoms with Gasteiger partial charge in [-0.25, -0.2) is 8.42 Å². The highest BCUT2D eigenvalue weighted by molar-refractivity contribution is 7.92. The number of esters is 1. The van der Waals surface area contributed by atoms with E-state index in [-0.39, 0.29) is 22.7 Å². The monoisotopic (exact) mass is 555 g/mol. The standard InChI is InChI=1S/C26H25N3O7S2/c1-4-36-20-11-14-22-23(15-20)37-26(29(22)16-24(30)35-3)27-25(31)17-5-7-18(8-6-17)28-38(32,33)21-12-9-19(34-2)10-13-21/h5-15,28H,4,16H2,1-3H3. The summed E-state index contributed by atoms with van der Waals surface area (Å²) < 4.78 is 45.6. The normalized spacial score (nSPS) is 11.8. The SMILES string of the molecule is CCOc1ccc2c(c1)sc(=NC(=O)c1ccc(NS(=O)(=O)c3ccc(OC)cc3)cc1)n2CC(=O)OC. The molecule has 0 saturated carbocycles. The molecule has 0 aliphatic rings. The van der Waals surface area contributed by atoms with Crippen molar-refractivity contribution in [1.29, 1.82) is 0 Å². The third kappa shape index (κ3) is 6.03. The van der Waals surface area contributed by atoms with Gasteiger partial charge in [0.05, 0.1) is 35.9 Å². The molecular formula is C26H25N3O7S2. The molecule has 0 radical (unpaired) electrons. The average Bonchev–Trinajstić information content (AvgIpc) is 3.24. The molecule has 0 atom stereocenters. The lowest BCUT2D eigenvalue weighted by Crippen LogP contribution is -2.22. The van der Waals surface area contributed by atoms with Gasteiger partial charge in [-0.15, -0.1) is 0 Å². The van der Waals surface area contributed by atoms with Gasteiger partial charge in [0.25, 0.3) is 15.9 Å². The van der Waals surface area contributed by atoms with Crippen molar-refractivity contribution in [3.05, 3.63) is 77.1 Å². The Balaban J connectivity index is 1.61. The Hall–Kier alpha value is -4.16. The fourth-order valence-corrected chi connectivity index (χ4v) is 5.66. The number of rotatable bonds is 9. The smallest absolute Gasteiger partial charge is 0.325 e.